The Balaban J connectivity index is 2.36. The van der Waals surface area contributed by atoms with Gasteiger partial charge in [0, 0.05) is 6.54 Å². The van der Waals surface area contributed by atoms with E-state index in [-0.39, 0.29) is 12.1 Å². The summed E-state index contributed by atoms with van der Waals surface area (Å²) in [7, 11) is 0. The van der Waals surface area contributed by atoms with Crippen LogP contribution in [0.5, 0.6) is 0 Å². The van der Waals surface area contributed by atoms with Crippen LogP contribution in [-0.4, -0.2) is 23.3 Å². The maximum absolute atomic E-state index is 11.5. The molecule has 0 aromatic heterocycles. The van der Waals surface area contributed by atoms with Crippen molar-refractivity contribution in [3.8, 4) is 0 Å². The van der Waals surface area contributed by atoms with Gasteiger partial charge in [0.2, 0.25) is 0 Å². The van der Waals surface area contributed by atoms with Crippen LogP contribution in [0.2, 0.25) is 0 Å². The zero-order chi connectivity index (χ0) is 11.7. The molecule has 2 N–H and O–H groups in total. The molecule has 1 aliphatic rings. The lowest BCUT2D eigenvalue weighted by molar-refractivity contribution is 0.210. The van der Waals surface area contributed by atoms with E-state index in [1.807, 2.05) is 38.1 Å². The van der Waals surface area contributed by atoms with Gasteiger partial charge in [0.25, 0.3) is 0 Å². The summed E-state index contributed by atoms with van der Waals surface area (Å²) in [5.74, 6) is 0.385. The first-order valence-corrected chi connectivity index (χ1v) is 5.34. The van der Waals surface area contributed by atoms with Crippen LogP contribution in [0.15, 0.2) is 29.3 Å². The van der Waals surface area contributed by atoms with Crippen molar-refractivity contribution in [3.63, 3.8) is 0 Å². The highest BCUT2D eigenvalue weighted by molar-refractivity contribution is 6.03. The summed E-state index contributed by atoms with van der Waals surface area (Å²) in [5, 5.41) is 0. The minimum absolute atomic E-state index is 0.196. The lowest BCUT2D eigenvalue weighted by atomic mass is 10.0. The Hall–Kier alpha value is -1.84. The summed E-state index contributed by atoms with van der Waals surface area (Å²) in [5.41, 5.74) is 7.99. The molecule has 1 unspecified atom stereocenters. The van der Waals surface area contributed by atoms with Gasteiger partial charge >= 0.3 is 6.03 Å². The summed E-state index contributed by atoms with van der Waals surface area (Å²) >= 11 is 0. The second kappa shape index (κ2) is 3.96. The van der Waals surface area contributed by atoms with Gasteiger partial charge < -0.3 is 10.6 Å². The molecule has 0 spiro atoms. The monoisotopic (exact) mass is 217 g/mol. The number of carbonyl (C=O) groups is 1. The number of carbonyl (C=O) groups excluding carboxylic acids is 1. The normalized spacial score (nSPS) is 20.1. The van der Waals surface area contributed by atoms with Gasteiger partial charge in [-0.1, -0.05) is 29.8 Å². The van der Waals surface area contributed by atoms with Gasteiger partial charge in [-0.25, -0.2) is 4.79 Å². The number of amidine groups is 1. The molecular weight excluding hydrogens is 202 g/mol. The highest BCUT2D eigenvalue weighted by Gasteiger charge is 2.32. The molecule has 16 heavy (non-hydrogen) atoms. The third kappa shape index (κ3) is 1.66. The second-order valence-electron chi connectivity index (χ2n) is 3.92. The molecule has 4 nitrogen and oxygen atoms in total. The zero-order valence-corrected chi connectivity index (χ0v) is 9.47. The first-order valence-electron chi connectivity index (χ1n) is 5.34. The van der Waals surface area contributed by atoms with Gasteiger partial charge in [0.15, 0.2) is 0 Å². The minimum atomic E-state index is -0.245. The number of likely N-dealkylation sites (N-methyl/N-ethyl adjacent to an activating group) is 1. The number of aliphatic imine (C=N–C) groups is 1. The molecule has 0 bridgehead atoms. The Bertz CT molecular complexity index is 436. The Morgan fingerprint density at radius 1 is 1.38 bits per heavy atom. The number of hydrogen-bond donors (Lipinski definition) is 1. The number of nitrogens with zero attached hydrogens (tertiary/aromatic N) is 2. The van der Waals surface area contributed by atoms with E-state index in [0.29, 0.717) is 12.4 Å². The zero-order valence-electron chi connectivity index (χ0n) is 9.47. The first kappa shape index (κ1) is 10.7. The number of hydrogen-bond acceptors (Lipinski definition) is 2. The Morgan fingerprint density at radius 2 is 2.00 bits per heavy atom. The lowest BCUT2D eigenvalue weighted by Crippen LogP contribution is -2.33. The summed E-state index contributed by atoms with van der Waals surface area (Å²) in [6.45, 7) is 4.56. The summed E-state index contributed by atoms with van der Waals surface area (Å²) in [6.07, 6.45) is 0. The molecule has 0 fully saturated rings. The molecule has 0 saturated carbocycles. The van der Waals surface area contributed by atoms with Gasteiger partial charge in [0.1, 0.15) is 11.9 Å². The standard InChI is InChI=1S/C12H15N3O/c1-3-15-10(11(13)14-12(15)16)9-6-4-8(2)5-7-9/h4-7,10H,3H2,1-2H3,(H2,13,14,16). The van der Waals surface area contributed by atoms with Crippen LogP contribution in [-0.2, 0) is 0 Å². The fraction of sp³-hybridized carbons (Fsp3) is 0.333. The maximum atomic E-state index is 11.5. The molecule has 84 valence electrons. The van der Waals surface area contributed by atoms with E-state index in [0.717, 1.165) is 5.56 Å². The van der Waals surface area contributed by atoms with Crippen LogP contribution in [0.4, 0.5) is 4.79 Å². The number of aryl methyl sites for hydroxylation is 1. The van der Waals surface area contributed by atoms with Gasteiger partial charge in [-0.05, 0) is 19.4 Å². The molecule has 2 amide bonds. The van der Waals surface area contributed by atoms with E-state index in [2.05, 4.69) is 4.99 Å². The van der Waals surface area contributed by atoms with E-state index in [9.17, 15) is 4.79 Å². The van der Waals surface area contributed by atoms with Crippen LogP contribution in [0.3, 0.4) is 0 Å². The van der Waals surface area contributed by atoms with Gasteiger partial charge in [-0.2, -0.15) is 4.99 Å². The van der Waals surface area contributed by atoms with Crippen LogP contribution in [0.1, 0.15) is 24.1 Å². The third-order valence-electron chi connectivity index (χ3n) is 2.80. The molecule has 2 rings (SSSR count). The number of benzene rings is 1. The Kier molecular flexibility index (Phi) is 2.64. The van der Waals surface area contributed by atoms with Crippen LogP contribution < -0.4 is 5.73 Å². The van der Waals surface area contributed by atoms with Crippen molar-refractivity contribution < 1.29 is 4.79 Å². The summed E-state index contributed by atoms with van der Waals surface area (Å²) < 4.78 is 0. The lowest BCUT2D eigenvalue weighted by Gasteiger charge is -2.22. The van der Waals surface area contributed by atoms with Gasteiger partial charge in [-0.15, -0.1) is 0 Å². The third-order valence-corrected chi connectivity index (χ3v) is 2.80. The SMILES string of the molecule is CCN1C(=O)N=C(N)C1c1ccc(C)cc1. The number of amides is 2. The summed E-state index contributed by atoms with van der Waals surface area (Å²) in [4.78, 5) is 17.0. The smallest absolute Gasteiger partial charge is 0.346 e. The quantitative estimate of drug-likeness (QED) is 0.821. The van der Waals surface area contributed by atoms with Crippen molar-refractivity contribution in [2.45, 2.75) is 19.9 Å². The first-order chi connectivity index (χ1) is 7.63. The molecule has 0 radical (unpaired) electrons. The van der Waals surface area contributed by atoms with Gasteiger partial charge in [0.05, 0.1) is 0 Å². The van der Waals surface area contributed by atoms with Crippen molar-refractivity contribution >= 4 is 11.9 Å². The molecule has 1 aromatic rings. The Labute approximate surface area is 94.8 Å². The topological polar surface area (TPSA) is 58.7 Å². The van der Waals surface area contributed by atoms with Crippen molar-refractivity contribution in [2.24, 2.45) is 10.7 Å². The molecule has 1 aliphatic heterocycles. The van der Waals surface area contributed by atoms with Crippen LogP contribution in [0, 0.1) is 6.92 Å². The summed E-state index contributed by atoms with van der Waals surface area (Å²) in [6, 6.07) is 7.56. The molecule has 1 aromatic carbocycles. The highest BCUT2D eigenvalue weighted by atomic mass is 16.2. The second-order valence-corrected chi connectivity index (χ2v) is 3.92. The van der Waals surface area contributed by atoms with Crippen molar-refractivity contribution in [2.75, 3.05) is 6.54 Å². The molecule has 0 saturated heterocycles. The average Bonchev–Trinajstić information content (AvgIpc) is 2.54. The van der Waals surface area contributed by atoms with Crippen LogP contribution in [0.25, 0.3) is 0 Å². The predicted molar refractivity (Wildman–Crippen MR) is 63.3 cm³/mol. The minimum Gasteiger partial charge on any atom is -0.385 e. The van der Waals surface area contributed by atoms with E-state index >= 15 is 0 Å². The molecule has 1 atom stereocenters. The molecular formula is C12H15N3O. The van der Waals surface area contributed by atoms with Crippen molar-refractivity contribution in [1.29, 1.82) is 0 Å². The molecule has 0 aliphatic carbocycles. The fourth-order valence-electron chi connectivity index (χ4n) is 1.92. The number of urea groups is 1. The van der Waals surface area contributed by atoms with E-state index in [4.69, 9.17) is 5.73 Å². The van der Waals surface area contributed by atoms with Gasteiger partial charge in [-0.3, -0.25) is 0 Å². The largest absolute Gasteiger partial charge is 0.385 e. The highest BCUT2D eigenvalue weighted by Crippen LogP contribution is 2.26. The maximum Gasteiger partial charge on any atom is 0.346 e. The van der Waals surface area contributed by atoms with Crippen molar-refractivity contribution in [3.05, 3.63) is 35.4 Å². The van der Waals surface area contributed by atoms with Crippen LogP contribution >= 0.6 is 0 Å². The fourth-order valence-corrected chi connectivity index (χ4v) is 1.92. The Morgan fingerprint density at radius 3 is 2.56 bits per heavy atom. The molecule has 4 heteroatoms. The van der Waals surface area contributed by atoms with Crippen molar-refractivity contribution in [1.82, 2.24) is 4.90 Å². The van der Waals surface area contributed by atoms with E-state index in [1.165, 1.54) is 5.56 Å². The average molecular weight is 217 g/mol. The number of rotatable bonds is 2. The van der Waals surface area contributed by atoms with E-state index < -0.39 is 0 Å². The predicted octanol–water partition coefficient (Wildman–Crippen LogP) is 1.85. The molecule has 1 heterocycles. The number of nitrogens with two attached hydrogens (primary N) is 1. The van der Waals surface area contributed by atoms with E-state index in [1.54, 1.807) is 4.90 Å².